The molecule has 3 N–H and O–H groups in total. The Kier molecular flexibility index (Phi) is 8.45. The maximum atomic E-state index is 13.0. The highest BCUT2D eigenvalue weighted by Gasteiger charge is 2.40. The average Bonchev–Trinajstić information content (AvgIpc) is 2.80. The molecule has 0 spiro atoms. The zero-order valence-corrected chi connectivity index (χ0v) is 18.7. The number of nitrogens with zero attached hydrogens (tertiary/aromatic N) is 2. The topological polar surface area (TPSA) is 112 Å². The number of aromatic nitrogens is 1. The minimum Gasteiger partial charge on any atom is -0.475 e. The number of pyridine rings is 1. The van der Waals surface area contributed by atoms with Gasteiger partial charge in [-0.25, -0.2) is 9.59 Å². The number of halogens is 3. The molecule has 3 amide bonds. The molecule has 2 aromatic rings. The summed E-state index contributed by atoms with van der Waals surface area (Å²) < 4.78 is 31.7. The molecular formula is C24H25F3N4O4. The van der Waals surface area contributed by atoms with Crippen LogP contribution in [0.2, 0.25) is 0 Å². The van der Waals surface area contributed by atoms with Crippen LogP contribution in [0.15, 0.2) is 60.9 Å². The Morgan fingerprint density at radius 2 is 1.60 bits per heavy atom. The number of carbonyl (C=O) groups excluding carboxylic acids is 2. The van der Waals surface area contributed by atoms with Gasteiger partial charge in [-0.05, 0) is 55.5 Å². The molecule has 11 heteroatoms. The number of carboxylic acid groups (broad SMARTS) is 1. The van der Waals surface area contributed by atoms with Gasteiger partial charge in [0.1, 0.15) is 0 Å². The molecule has 1 aliphatic heterocycles. The number of carbonyl (C=O) groups is 3. The molecule has 0 unspecified atom stereocenters. The van der Waals surface area contributed by atoms with Crippen molar-refractivity contribution >= 4 is 29.3 Å². The molecule has 0 bridgehead atoms. The van der Waals surface area contributed by atoms with Gasteiger partial charge in [-0.2, -0.15) is 13.2 Å². The van der Waals surface area contributed by atoms with Crippen LogP contribution in [0, 0.1) is 5.92 Å². The van der Waals surface area contributed by atoms with E-state index in [1.165, 1.54) is 4.90 Å². The zero-order chi connectivity index (χ0) is 25.4. The number of amides is 3. The molecule has 186 valence electrons. The van der Waals surface area contributed by atoms with Crippen LogP contribution in [0.25, 0.3) is 0 Å². The van der Waals surface area contributed by atoms with E-state index in [1.807, 2.05) is 36.4 Å². The number of imide groups is 1. The van der Waals surface area contributed by atoms with E-state index in [1.54, 1.807) is 12.4 Å². The first-order chi connectivity index (χ1) is 16.6. The Morgan fingerprint density at radius 1 is 1.03 bits per heavy atom. The SMILES string of the molecule is O=C(O)C(F)(F)F.O=C1N[C@@H]2CC/C=C\CC[C@@H]2C(=O)N1Cc1ccc(Nc2ccncc2)cc1. The zero-order valence-electron chi connectivity index (χ0n) is 18.7. The van der Waals surface area contributed by atoms with Gasteiger partial charge in [0.05, 0.1) is 12.5 Å². The largest absolute Gasteiger partial charge is 0.490 e. The van der Waals surface area contributed by atoms with Gasteiger partial charge in [0.15, 0.2) is 0 Å². The minimum absolute atomic E-state index is 0.0480. The van der Waals surface area contributed by atoms with Crippen LogP contribution >= 0.6 is 0 Å². The van der Waals surface area contributed by atoms with Crippen LogP contribution in [0.1, 0.15) is 31.2 Å². The number of aliphatic carboxylic acids is 1. The highest BCUT2D eigenvalue weighted by atomic mass is 19.4. The molecule has 0 radical (unpaired) electrons. The normalized spacial score (nSPS) is 20.8. The van der Waals surface area contributed by atoms with E-state index >= 15 is 0 Å². The number of allylic oxidation sites excluding steroid dienone is 2. The summed E-state index contributed by atoms with van der Waals surface area (Å²) in [5.74, 6) is -2.94. The van der Waals surface area contributed by atoms with E-state index in [2.05, 4.69) is 27.8 Å². The highest BCUT2D eigenvalue weighted by molar-refractivity contribution is 5.98. The quantitative estimate of drug-likeness (QED) is 0.539. The van der Waals surface area contributed by atoms with Gasteiger partial charge in [0, 0.05) is 29.8 Å². The van der Waals surface area contributed by atoms with E-state index in [0.717, 1.165) is 42.6 Å². The second kappa shape index (κ2) is 11.5. The number of benzene rings is 1. The number of rotatable bonds is 4. The maximum Gasteiger partial charge on any atom is 0.490 e. The predicted octanol–water partition coefficient (Wildman–Crippen LogP) is 4.63. The van der Waals surface area contributed by atoms with Gasteiger partial charge in [0.2, 0.25) is 5.91 Å². The fourth-order valence-electron chi connectivity index (χ4n) is 3.82. The van der Waals surface area contributed by atoms with Gasteiger partial charge >= 0.3 is 18.2 Å². The molecule has 2 aliphatic rings. The number of anilines is 2. The van der Waals surface area contributed by atoms with Gasteiger partial charge in [0.25, 0.3) is 0 Å². The molecule has 8 nitrogen and oxygen atoms in total. The van der Waals surface area contributed by atoms with Crippen LogP contribution in [0.4, 0.5) is 29.3 Å². The van der Waals surface area contributed by atoms with E-state index in [4.69, 9.17) is 9.90 Å². The van der Waals surface area contributed by atoms with Crippen molar-refractivity contribution in [3.05, 3.63) is 66.5 Å². The Balaban J connectivity index is 0.000000429. The predicted molar refractivity (Wildman–Crippen MR) is 122 cm³/mol. The van der Waals surface area contributed by atoms with Crippen LogP contribution in [-0.4, -0.2) is 45.1 Å². The summed E-state index contributed by atoms with van der Waals surface area (Å²) in [6.07, 6.45) is 6.05. The molecule has 1 aromatic heterocycles. The standard InChI is InChI=1S/C22H24N4O2.C2HF3O2/c27-21-19-5-3-1-2-4-6-20(19)25-22(28)26(21)15-16-7-9-17(10-8-16)24-18-11-13-23-14-12-18;3-2(4,5)1(6)7/h1-2,7-14,19-20H,3-6,15H2,(H,23,24)(H,25,28);(H,6,7)/b2-1-;/t19-,20+;/m0./s1. The molecule has 1 fully saturated rings. The van der Waals surface area contributed by atoms with Crippen molar-refractivity contribution in [3.8, 4) is 0 Å². The maximum absolute atomic E-state index is 13.0. The minimum atomic E-state index is -5.08. The Morgan fingerprint density at radius 3 is 2.20 bits per heavy atom. The van der Waals surface area contributed by atoms with Crippen molar-refractivity contribution in [2.24, 2.45) is 5.92 Å². The summed E-state index contributed by atoms with van der Waals surface area (Å²) in [6.45, 7) is 0.291. The lowest BCUT2D eigenvalue weighted by molar-refractivity contribution is -0.192. The molecule has 1 saturated heterocycles. The third kappa shape index (κ3) is 7.29. The summed E-state index contributed by atoms with van der Waals surface area (Å²) in [5, 5.41) is 13.5. The lowest BCUT2D eigenvalue weighted by Crippen LogP contribution is -2.59. The Hall–Kier alpha value is -3.89. The van der Waals surface area contributed by atoms with Gasteiger partial charge in [-0.1, -0.05) is 24.3 Å². The van der Waals surface area contributed by atoms with Crippen molar-refractivity contribution in [2.75, 3.05) is 5.32 Å². The third-order valence-corrected chi connectivity index (χ3v) is 5.58. The molecule has 2 heterocycles. The van der Waals surface area contributed by atoms with Crippen molar-refractivity contribution in [1.82, 2.24) is 15.2 Å². The van der Waals surface area contributed by atoms with E-state index < -0.39 is 12.1 Å². The smallest absolute Gasteiger partial charge is 0.475 e. The Labute approximate surface area is 199 Å². The van der Waals surface area contributed by atoms with E-state index in [9.17, 15) is 22.8 Å². The van der Waals surface area contributed by atoms with Crippen LogP contribution in [0.3, 0.4) is 0 Å². The molecule has 2 atom stereocenters. The number of nitrogens with one attached hydrogen (secondary N) is 2. The first kappa shape index (κ1) is 25.7. The number of urea groups is 1. The van der Waals surface area contributed by atoms with Crippen molar-refractivity contribution in [1.29, 1.82) is 0 Å². The van der Waals surface area contributed by atoms with Crippen LogP contribution in [0.5, 0.6) is 0 Å². The number of hydrogen-bond donors (Lipinski definition) is 3. The fourth-order valence-corrected chi connectivity index (χ4v) is 3.82. The number of carboxylic acids is 1. The summed E-state index contributed by atoms with van der Waals surface area (Å²) in [6, 6.07) is 11.2. The highest BCUT2D eigenvalue weighted by Crippen LogP contribution is 2.27. The summed E-state index contributed by atoms with van der Waals surface area (Å²) >= 11 is 0. The molecule has 1 aliphatic carbocycles. The van der Waals surface area contributed by atoms with Crippen molar-refractivity contribution < 1.29 is 32.7 Å². The van der Waals surface area contributed by atoms with Crippen molar-refractivity contribution in [3.63, 3.8) is 0 Å². The summed E-state index contributed by atoms with van der Waals surface area (Å²) in [4.78, 5) is 39.8. The van der Waals surface area contributed by atoms with Gasteiger partial charge in [-0.3, -0.25) is 14.7 Å². The van der Waals surface area contributed by atoms with Crippen molar-refractivity contribution in [2.45, 2.75) is 44.4 Å². The molecular weight excluding hydrogens is 465 g/mol. The first-order valence-corrected chi connectivity index (χ1v) is 11.0. The number of hydrogen-bond acceptors (Lipinski definition) is 5. The summed E-state index contributed by atoms with van der Waals surface area (Å²) in [7, 11) is 0. The van der Waals surface area contributed by atoms with E-state index in [-0.39, 0.29) is 23.9 Å². The fraction of sp³-hybridized carbons (Fsp3) is 0.333. The molecule has 1 aromatic carbocycles. The monoisotopic (exact) mass is 490 g/mol. The van der Waals surface area contributed by atoms with E-state index in [0.29, 0.717) is 6.54 Å². The lowest BCUT2D eigenvalue weighted by atomic mass is 9.86. The average molecular weight is 490 g/mol. The second-order valence-electron chi connectivity index (χ2n) is 8.07. The first-order valence-electron chi connectivity index (χ1n) is 11.0. The van der Waals surface area contributed by atoms with Crippen LogP contribution < -0.4 is 10.6 Å². The third-order valence-electron chi connectivity index (χ3n) is 5.58. The van der Waals surface area contributed by atoms with Gasteiger partial charge in [-0.15, -0.1) is 0 Å². The molecule has 4 rings (SSSR count). The summed E-state index contributed by atoms with van der Waals surface area (Å²) in [5.41, 5.74) is 2.82. The number of fused-ring (bicyclic) bond motifs is 1. The molecule has 0 saturated carbocycles. The van der Waals surface area contributed by atoms with Crippen LogP contribution in [-0.2, 0) is 16.1 Å². The number of alkyl halides is 3. The molecule has 35 heavy (non-hydrogen) atoms. The Bertz CT molecular complexity index is 1060. The van der Waals surface area contributed by atoms with Gasteiger partial charge < -0.3 is 15.7 Å². The lowest BCUT2D eigenvalue weighted by Gasteiger charge is -2.38. The second-order valence-corrected chi connectivity index (χ2v) is 8.07.